The molecule has 0 saturated carbocycles. The molecule has 0 saturated heterocycles. The molecule has 6 heteroatoms. The first kappa shape index (κ1) is 15.5. The molecule has 21 heavy (non-hydrogen) atoms. The van der Waals surface area contributed by atoms with Crippen molar-refractivity contribution in [1.82, 2.24) is 15.3 Å². The predicted molar refractivity (Wildman–Crippen MR) is 82.3 cm³/mol. The number of fused-ring (bicyclic) bond motifs is 1. The Balaban J connectivity index is 2.15. The van der Waals surface area contributed by atoms with Crippen molar-refractivity contribution in [3.05, 3.63) is 35.2 Å². The second-order valence-corrected chi connectivity index (χ2v) is 6.19. The summed E-state index contributed by atoms with van der Waals surface area (Å²) in [5, 5.41) is 4.07. The molecule has 2 heterocycles. The first-order valence-corrected chi connectivity index (χ1v) is 7.04. The molecule has 0 aromatic carbocycles. The number of nitrogens with zero attached hydrogens (tertiary/aromatic N) is 2. The maximum absolute atomic E-state index is 11.8. The number of amides is 1. The summed E-state index contributed by atoms with van der Waals surface area (Å²) in [6.45, 7) is 7.29. The summed E-state index contributed by atoms with van der Waals surface area (Å²) < 4.78 is 5.22. The van der Waals surface area contributed by atoms with Crippen LogP contribution in [0.3, 0.4) is 0 Å². The van der Waals surface area contributed by atoms with Crippen LogP contribution in [0.4, 0.5) is 4.79 Å². The van der Waals surface area contributed by atoms with E-state index in [2.05, 4.69) is 15.3 Å². The number of alkyl carbamates (subject to hydrolysis) is 1. The Morgan fingerprint density at radius 1 is 1.38 bits per heavy atom. The van der Waals surface area contributed by atoms with Crippen LogP contribution < -0.4 is 5.32 Å². The zero-order valence-corrected chi connectivity index (χ0v) is 13.2. The molecule has 5 nitrogen and oxygen atoms in total. The Kier molecular flexibility index (Phi) is 4.32. The first-order valence-electron chi connectivity index (χ1n) is 6.66. The molecule has 0 bridgehead atoms. The van der Waals surface area contributed by atoms with Gasteiger partial charge in [-0.15, -0.1) is 0 Å². The Morgan fingerprint density at radius 3 is 2.76 bits per heavy atom. The minimum atomic E-state index is -0.532. The van der Waals surface area contributed by atoms with E-state index < -0.39 is 11.7 Å². The van der Waals surface area contributed by atoms with Gasteiger partial charge in [0.1, 0.15) is 10.8 Å². The molecular weight excluding hydrogens is 290 g/mol. The van der Waals surface area contributed by atoms with Gasteiger partial charge in [0.25, 0.3) is 0 Å². The van der Waals surface area contributed by atoms with E-state index in [4.69, 9.17) is 16.3 Å². The van der Waals surface area contributed by atoms with Gasteiger partial charge in [-0.05, 0) is 45.9 Å². The van der Waals surface area contributed by atoms with E-state index in [1.165, 1.54) is 0 Å². The third-order valence-corrected chi connectivity index (χ3v) is 2.95. The highest BCUT2D eigenvalue weighted by Crippen LogP contribution is 2.19. The van der Waals surface area contributed by atoms with Crippen molar-refractivity contribution in [3.63, 3.8) is 0 Å². The number of hydrogen-bond donors (Lipinski definition) is 1. The third-order valence-electron chi connectivity index (χ3n) is 2.74. The van der Waals surface area contributed by atoms with Crippen LogP contribution in [0.1, 0.15) is 39.4 Å². The number of carbonyl (C=O) groups is 1. The number of nitrogens with one attached hydrogen (secondary N) is 1. The van der Waals surface area contributed by atoms with Gasteiger partial charge in [0, 0.05) is 11.6 Å². The topological polar surface area (TPSA) is 64.1 Å². The maximum atomic E-state index is 11.8. The van der Waals surface area contributed by atoms with E-state index in [1.807, 2.05) is 39.8 Å². The summed E-state index contributed by atoms with van der Waals surface area (Å²) in [5.41, 5.74) is 0.906. The van der Waals surface area contributed by atoms with Crippen LogP contribution >= 0.6 is 11.6 Å². The van der Waals surface area contributed by atoms with Crippen LogP contribution in [-0.2, 0) is 4.74 Å². The van der Waals surface area contributed by atoms with E-state index in [0.29, 0.717) is 10.8 Å². The van der Waals surface area contributed by atoms with Crippen molar-refractivity contribution < 1.29 is 9.53 Å². The van der Waals surface area contributed by atoms with Crippen LogP contribution in [0.2, 0.25) is 5.15 Å². The van der Waals surface area contributed by atoms with Crippen molar-refractivity contribution in [2.24, 2.45) is 0 Å². The van der Waals surface area contributed by atoms with Gasteiger partial charge in [0.15, 0.2) is 0 Å². The smallest absolute Gasteiger partial charge is 0.408 e. The molecule has 1 atom stereocenters. The normalized spacial score (nSPS) is 13.0. The van der Waals surface area contributed by atoms with Gasteiger partial charge in [0.05, 0.1) is 17.3 Å². The number of carbonyl (C=O) groups excluding carboxylic acids is 1. The van der Waals surface area contributed by atoms with Gasteiger partial charge < -0.3 is 10.1 Å². The molecule has 0 aliphatic rings. The summed E-state index contributed by atoms with van der Waals surface area (Å²) in [7, 11) is 0. The summed E-state index contributed by atoms with van der Waals surface area (Å²) >= 11 is 5.89. The fourth-order valence-corrected chi connectivity index (χ4v) is 1.96. The molecule has 0 fully saturated rings. The monoisotopic (exact) mass is 307 g/mol. The van der Waals surface area contributed by atoms with E-state index >= 15 is 0 Å². The number of aromatic nitrogens is 2. The lowest BCUT2D eigenvalue weighted by Crippen LogP contribution is -2.34. The van der Waals surface area contributed by atoms with Gasteiger partial charge in [0.2, 0.25) is 0 Å². The molecule has 112 valence electrons. The lowest BCUT2D eigenvalue weighted by atomic mass is 10.1. The predicted octanol–water partition coefficient (Wildman–Crippen LogP) is 3.87. The standard InChI is InChI=1S/C15H18ClN3O2/c1-9(18-14(20)21-15(2,3)4)11-7-12-10(8-17-11)5-6-13(16)19-12/h5-9H,1-4H3,(H,18,20)/t9-/m0/s1. The van der Waals surface area contributed by atoms with Crippen molar-refractivity contribution in [3.8, 4) is 0 Å². The zero-order chi connectivity index (χ0) is 15.6. The van der Waals surface area contributed by atoms with E-state index in [-0.39, 0.29) is 6.04 Å². The summed E-state index contributed by atoms with van der Waals surface area (Å²) in [5.74, 6) is 0. The van der Waals surface area contributed by atoms with Gasteiger partial charge in [-0.2, -0.15) is 0 Å². The second-order valence-electron chi connectivity index (χ2n) is 5.80. The Morgan fingerprint density at radius 2 is 2.10 bits per heavy atom. The molecule has 0 aliphatic carbocycles. The van der Waals surface area contributed by atoms with E-state index in [0.717, 1.165) is 10.9 Å². The molecule has 0 spiro atoms. The number of halogens is 1. The molecule has 2 rings (SSSR count). The van der Waals surface area contributed by atoms with Crippen LogP contribution in [0.25, 0.3) is 10.9 Å². The minimum Gasteiger partial charge on any atom is -0.444 e. The summed E-state index contributed by atoms with van der Waals surface area (Å²) in [6.07, 6.45) is 1.23. The van der Waals surface area contributed by atoms with Gasteiger partial charge >= 0.3 is 6.09 Å². The fourth-order valence-electron chi connectivity index (χ4n) is 1.80. The summed E-state index contributed by atoms with van der Waals surface area (Å²) in [4.78, 5) is 20.3. The average molecular weight is 308 g/mol. The Labute approximate surface area is 128 Å². The lowest BCUT2D eigenvalue weighted by Gasteiger charge is -2.21. The number of hydrogen-bond acceptors (Lipinski definition) is 4. The Bertz CT molecular complexity index is 668. The lowest BCUT2D eigenvalue weighted by molar-refractivity contribution is 0.0507. The maximum Gasteiger partial charge on any atom is 0.408 e. The minimum absolute atomic E-state index is 0.287. The van der Waals surface area contributed by atoms with Crippen LogP contribution in [0.5, 0.6) is 0 Å². The van der Waals surface area contributed by atoms with Gasteiger partial charge in [-0.1, -0.05) is 11.6 Å². The first-order chi connectivity index (χ1) is 9.74. The highest BCUT2D eigenvalue weighted by Gasteiger charge is 2.19. The largest absolute Gasteiger partial charge is 0.444 e. The molecule has 0 aliphatic heterocycles. The van der Waals surface area contributed by atoms with Crippen LogP contribution in [0, 0.1) is 0 Å². The van der Waals surface area contributed by atoms with E-state index in [1.54, 1.807) is 12.3 Å². The molecule has 0 radical (unpaired) electrons. The number of pyridine rings is 2. The SMILES string of the molecule is C[C@H](NC(=O)OC(C)(C)C)c1cc2nc(Cl)ccc2cn1. The highest BCUT2D eigenvalue weighted by molar-refractivity contribution is 6.29. The zero-order valence-electron chi connectivity index (χ0n) is 12.5. The molecular formula is C15H18ClN3O2. The molecule has 1 N–H and O–H groups in total. The van der Waals surface area contributed by atoms with E-state index in [9.17, 15) is 4.79 Å². The number of rotatable bonds is 2. The van der Waals surface area contributed by atoms with Crippen molar-refractivity contribution in [2.75, 3.05) is 0 Å². The highest BCUT2D eigenvalue weighted by atomic mass is 35.5. The number of ether oxygens (including phenoxy) is 1. The second kappa shape index (κ2) is 5.85. The average Bonchev–Trinajstić information content (AvgIpc) is 2.35. The fraction of sp³-hybridized carbons (Fsp3) is 0.400. The third kappa shape index (κ3) is 4.29. The van der Waals surface area contributed by atoms with Crippen molar-refractivity contribution in [2.45, 2.75) is 39.3 Å². The Hall–Kier alpha value is -1.88. The molecule has 0 unspecified atom stereocenters. The van der Waals surface area contributed by atoms with Crippen molar-refractivity contribution >= 4 is 28.6 Å². The van der Waals surface area contributed by atoms with Gasteiger partial charge in [-0.25, -0.2) is 9.78 Å². The summed E-state index contributed by atoms with van der Waals surface area (Å²) in [6, 6.07) is 5.09. The van der Waals surface area contributed by atoms with Crippen molar-refractivity contribution in [1.29, 1.82) is 0 Å². The molecule has 2 aromatic heterocycles. The molecule has 2 aromatic rings. The quantitative estimate of drug-likeness (QED) is 0.855. The molecule has 1 amide bonds. The van der Waals surface area contributed by atoms with Gasteiger partial charge in [-0.3, -0.25) is 4.98 Å². The van der Waals surface area contributed by atoms with Crippen LogP contribution in [-0.4, -0.2) is 21.7 Å². The van der Waals surface area contributed by atoms with Crippen LogP contribution in [0.15, 0.2) is 24.4 Å².